The molecule has 1 aliphatic heterocycles. The number of hydrogen-bond donors (Lipinski definition) is 0. The van der Waals surface area contributed by atoms with Crippen LogP contribution in [0.1, 0.15) is 37.9 Å². The Balaban J connectivity index is 1.67. The zero-order valence-electron chi connectivity index (χ0n) is 18.6. The highest BCUT2D eigenvalue weighted by molar-refractivity contribution is 5.87. The number of esters is 1. The van der Waals surface area contributed by atoms with Gasteiger partial charge < -0.3 is 18.8 Å². The van der Waals surface area contributed by atoms with Crippen molar-refractivity contribution in [3.63, 3.8) is 0 Å². The van der Waals surface area contributed by atoms with Gasteiger partial charge in [0.05, 0.1) is 29.5 Å². The van der Waals surface area contributed by atoms with Crippen LogP contribution in [0.15, 0.2) is 48.5 Å². The molecule has 1 aliphatic rings. The van der Waals surface area contributed by atoms with E-state index in [0.717, 1.165) is 11.6 Å². The van der Waals surface area contributed by atoms with Crippen LogP contribution in [0.25, 0.3) is 10.9 Å². The minimum absolute atomic E-state index is 0.123. The molecule has 33 heavy (non-hydrogen) atoms. The number of aromatic nitrogens is 1. The Morgan fingerprint density at radius 3 is 2.67 bits per heavy atom. The monoisotopic (exact) mass is 456 g/mol. The predicted octanol–water partition coefficient (Wildman–Crippen LogP) is 4.69. The van der Waals surface area contributed by atoms with Crippen molar-refractivity contribution < 1.29 is 28.3 Å². The molecule has 2 heterocycles. The van der Waals surface area contributed by atoms with Crippen LogP contribution in [-0.4, -0.2) is 34.0 Å². The normalized spacial score (nSPS) is 18.4. The average Bonchev–Trinajstić information content (AvgIpc) is 3.30. The van der Waals surface area contributed by atoms with Gasteiger partial charge in [0.15, 0.2) is 5.79 Å². The van der Waals surface area contributed by atoms with Crippen molar-refractivity contribution in [2.24, 2.45) is 0 Å². The molecule has 0 bridgehead atoms. The molecule has 3 aromatic rings. The van der Waals surface area contributed by atoms with Gasteiger partial charge in [-0.3, -0.25) is 14.9 Å². The van der Waals surface area contributed by atoms with Gasteiger partial charge >= 0.3 is 11.7 Å². The highest BCUT2D eigenvalue weighted by Crippen LogP contribution is 2.33. The Labute approximate surface area is 190 Å². The van der Waals surface area contributed by atoms with Gasteiger partial charge in [-0.25, -0.2) is 0 Å². The van der Waals surface area contributed by atoms with Crippen molar-refractivity contribution in [3.8, 4) is 0 Å². The van der Waals surface area contributed by atoms with Crippen LogP contribution >= 0.6 is 0 Å². The predicted molar refractivity (Wildman–Crippen MR) is 118 cm³/mol. The summed E-state index contributed by atoms with van der Waals surface area (Å²) in [5.74, 6) is -2.85. The van der Waals surface area contributed by atoms with Crippen LogP contribution in [0.2, 0.25) is 0 Å². The summed E-state index contributed by atoms with van der Waals surface area (Å²) in [4.78, 5) is 23.3. The first kappa shape index (κ1) is 22.9. The lowest BCUT2D eigenvalue weighted by Gasteiger charge is -2.20. The minimum atomic E-state index is -0.943. The fourth-order valence-electron chi connectivity index (χ4n) is 4.03. The van der Waals surface area contributed by atoms with E-state index in [1.807, 2.05) is 30.3 Å². The quantitative estimate of drug-likeness (QED) is 0.291. The summed E-state index contributed by atoms with van der Waals surface area (Å²) < 4.78 is 33.2. The lowest BCUT2D eigenvalue weighted by molar-refractivity contribution is -0.387. The summed E-state index contributed by atoms with van der Waals surface area (Å²) in [5, 5.41) is 11.7. The molecule has 0 N–H and O–H groups in total. The fourth-order valence-corrected chi connectivity index (χ4v) is 4.03. The summed E-state index contributed by atoms with van der Waals surface area (Å²) in [6, 6.07) is 13.3. The number of benzene rings is 2. The lowest BCUT2D eigenvalue weighted by atomic mass is 10.1. The molecule has 1 saturated heterocycles. The van der Waals surface area contributed by atoms with Crippen molar-refractivity contribution in [1.82, 2.24) is 4.57 Å². The molecule has 1 fully saturated rings. The number of rotatable bonds is 7. The van der Waals surface area contributed by atoms with Crippen LogP contribution in [0.5, 0.6) is 0 Å². The van der Waals surface area contributed by atoms with Gasteiger partial charge in [0.1, 0.15) is 12.7 Å². The fraction of sp³-hybridized carbons (Fsp3) is 0.375. The number of hydrogen-bond acceptors (Lipinski definition) is 6. The van der Waals surface area contributed by atoms with Crippen LogP contribution < -0.4 is 0 Å². The molecule has 0 saturated carbocycles. The summed E-state index contributed by atoms with van der Waals surface area (Å²) in [6.45, 7) is 6.03. The Bertz CT molecular complexity index is 1190. The maximum absolute atomic E-state index is 14.5. The minimum Gasteiger partial charge on any atom is -0.460 e. The first-order valence-corrected chi connectivity index (χ1v) is 10.6. The van der Waals surface area contributed by atoms with E-state index < -0.39 is 34.1 Å². The Hall–Kier alpha value is -3.30. The van der Waals surface area contributed by atoms with Crippen LogP contribution in [0, 0.1) is 15.9 Å². The zero-order chi connectivity index (χ0) is 23.8. The molecule has 174 valence electrons. The summed E-state index contributed by atoms with van der Waals surface area (Å²) in [6.07, 6.45) is -0.333. The summed E-state index contributed by atoms with van der Waals surface area (Å²) in [7, 11) is 0. The number of ether oxygens (including phenoxy) is 3. The Morgan fingerprint density at radius 1 is 1.30 bits per heavy atom. The molecule has 0 spiro atoms. The van der Waals surface area contributed by atoms with Gasteiger partial charge in [-0.15, -0.1) is 0 Å². The van der Waals surface area contributed by atoms with Crippen LogP contribution in [-0.2, 0) is 32.2 Å². The maximum Gasteiger partial charge on any atom is 0.314 e. The van der Waals surface area contributed by atoms with E-state index in [2.05, 4.69) is 0 Å². The van der Waals surface area contributed by atoms with E-state index in [0.29, 0.717) is 23.2 Å². The van der Waals surface area contributed by atoms with Crippen molar-refractivity contribution >= 4 is 22.6 Å². The number of fused-ring (bicyclic) bond motifs is 1. The van der Waals surface area contributed by atoms with Crippen molar-refractivity contribution in [2.75, 3.05) is 6.61 Å². The number of nitrogens with zero attached hydrogens (tertiary/aromatic N) is 2. The molecule has 1 unspecified atom stereocenters. The molecule has 2 atom stereocenters. The number of carbonyl (C=O) groups excluding carboxylic acids is 1. The highest BCUT2D eigenvalue weighted by atomic mass is 19.1. The van der Waals surface area contributed by atoms with E-state index in [1.165, 1.54) is 6.07 Å². The van der Waals surface area contributed by atoms with Gasteiger partial charge in [-0.1, -0.05) is 30.3 Å². The van der Waals surface area contributed by atoms with Crippen LogP contribution in [0.4, 0.5) is 10.1 Å². The SMILES string of the molecule is CC(C(=O)OCc1ccccc1)c1cc2cc([N+](=O)[O-])c(F)cc2n1C[C@@H]1COC(C)(C)O1. The van der Waals surface area contributed by atoms with Gasteiger partial charge in [0.25, 0.3) is 0 Å². The average molecular weight is 456 g/mol. The highest BCUT2D eigenvalue weighted by Gasteiger charge is 2.34. The standard InChI is InChI=1S/C24H25FN2O6/c1-15(23(28)31-13-16-7-5-4-6-8-16)20-9-17-10-22(27(29)30)19(25)11-21(17)26(20)12-18-14-32-24(2,3)33-18/h4-11,15,18H,12-14H2,1-3H3/t15?,18-/m1/s1. The second kappa shape index (κ2) is 8.92. The third-order valence-electron chi connectivity index (χ3n) is 5.67. The zero-order valence-corrected chi connectivity index (χ0v) is 18.6. The third kappa shape index (κ3) is 4.89. The molecule has 9 heteroatoms. The molecule has 8 nitrogen and oxygen atoms in total. The van der Waals surface area contributed by atoms with Gasteiger partial charge in [-0.2, -0.15) is 4.39 Å². The first-order valence-electron chi connectivity index (χ1n) is 10.6. The number of halogens is 1. The van der Waals surface area contributed by atoms with Crippen LogP contribution in [0.3, 0.4) is 0 Å². The number of carbonyl (C=O) groups is 1. The van der Waals surface area contributed by atoms with E-state index in [9.17, 15) is 19.3 Å². The van der Waals surface area contributed by atoms with E-state index in [1.54, 1.807) is 31.4 Å². The van der Waals surface area contributed by atoms with Crippen molar-refractivity contribution in [2.45, 2.75) is 51.7 Å². The maximum atomic E-state index is 14.5. The number of nitro benzene ring substituents is 1. The molecule has 0 radical (unpaired) electrons. The molecular weight excluding hydrogens is 431 g/mol. The Kier molecular flexibility index (Phi) is 6.18. The molecular formula is C24H25FN2O6. The first-order chi connectivity index (χ1) is 15.6. The second-order valence-electron chi connectivity index (χ2n) is 8.57. The van der Waals surface area contributed by atoms with E-state index >= 15 is 0 Å². The largest absolute Gasteiger partial charge is 0.460 e. The number of nitro groups is 1. The summed E-state index contributed by atoms with van der Waals surface area (Å²) >= 11 is 0. The topological polar surface area (TPSA) is 92.8 Å². The van der Waals surface area contributed by atoms with Crippen molar-refractivity contribution in [3.05, 3.63) is 75.7 Å². The third-order valence-corrected chi connectivity index (χ3v) is 5.67. The molecule has 1 aromatic heterocycles. The molecule has 0 aliphatic carbocycles. The van der Waals surface area contributed by atoms with E-state index in [4.69, 9.17) is 14.2 Å². The molecule has 4 rings (SSSR count). The van der Waals surface area contributed by atoms with Gasteiger partial charge in [-0.05, 0) is 32.4 Å². The Morgan fingerprint density at radius 2 is 2.03 bits per heavy atom. The van der Waals surface area contributed by atoms with E-state index in [-0.39, 0.29) is 19.3 Å². The second-order valence-corrected chi connectivity index (χ2v) is 8.57. The van der Waals surface area contributed by atoms with Crippen molar-refractivity contribution in [1.29, 1.82) is 0 Å². The molecule has 0 amide bonds. The van der Waals surface area contributed by atoms with Gasteiger partial charge in [0.2, 0.25) is 5.82 Å². The molecule has 2 aromatic carbocycles. The van der Waals surface area contributed by atoms with Gasteiger partial charge in [0, 0.05) is 23.2 Å². The lowest BCUT2D eigenvalue weighted by Crippen LogP contribution is -2.25. The summed E-state index contributed by atoms with van der Waals surface area (Å²) in [5.41, 5.74) is 1.22. The smallest absolute Gasteiger partial charge is 0.314 e.